The maximum atomic E-state index is 5.99. The van der Waals surface area contributed by atoms with Crippen LogP contribution in [0.1, 0.15) is 16.8 Å². The Bertz CT molecular complexity index is 979. The SMILES string of the molecule is COc1c(C)cnc(Cn2cnc3c(N4CCOCC4)nc(N)nc32)c1C. The lowest BCUT2D eigenvalue weighted by Gasteiger charge is -2.27. The summed E-state index contributed by atoms with van der Waals surface area (Å²) in [5.41, 5.74) is 10.4. The molecular weight excluding hydrogens is 346 g/mol. The van der Waals surface area contributed by atoms with E-state index in [1.165, 1.54) is 0 Å². The number of morpholine rings is 1. The van der Waals surface area contributed by atoms with E-state index in [2.05, 4.69) is 24.8 Å². The van der Waals surface area contributed by atoms with Gasteiger partial charge in [0, 0.05) is 30.4 Å². The van der Waals surface area contributed by atoms with E-state index in [-0.39, 0.29) is 5.95 Å². The van der Waals surface area contributed by atoms with Crippen LogP contribution in [0.5, 0.6) is 5.75 Å². The van der Waals surface area contributed by atoms with Crippen LogP contribution in [-0.4, -0.2) is 57.9 Å². The fourth-order valence-corrected chi connectivity index (χ4v) is 3.45. The molecule has 3 aromatic heterocycles. The number of hydrogen-bond acceptors (Lipinski definition) is 8. The van der Waals surface area contributed by atoms with Crippen molar-refractivity contribution in [3.63, 3.8) is 0 Å². The lowest BCUT2D eigenvalue weighted by molar-refractivity contribution is 0.122. The molecule has 0 spiro atoms. The zero-order chi connectivity index (χ0) is 19.0. The number of fused-ring (bicyclic) bond motifs is 1. The molecule has 1 aliphatic heterocycles. The topological polar surface area (TPSA) is 104 Å². The molecule has 9 heteroatoms. The van der Waals surface area contributed by atoms with Crippen LogP contribution < -0.4 is 15.4 Å². The standard InChI is InChI=1S/C18H23N7O2/c1-11-8-20-13(12(2)15(11)26-3)9-25-10-21-14-16(22-18(19)23-17(14)25)24-4-6-27-7-5-24/h8,10H,4-7,9H2,1-3H3,(H2,19,22,23). The molecule has 4 heterocycles. The van der Waals surface area contributed by atoms with Crippen LogP contribution in [0.3, 0.4) is 0 Å². The number of rotatable bonds is 4. The summed E-state index contributed by atoms with van der Waals surface area (Å²) in [6.07, 6.45) is 3.58. The first-order valence-corrected chi connectivity index (χ1v) is 8.88. The zero-order valence-electron chi connectivity index (χ0n) is 15.8. The molecule has 4 rings (SSSR count). The van der Waals surface area contributed by atoms with Gasteiger partial charge in [0.2, 0.25) is 5.95 Å². The van der Waals surface area contributed by atoms with E-state index in [0.717, 1.165) is 47.0 Å². The van der Waals surface area contributed by atoms with Gasteiger partial charge in [-0.3, -0.25) is 4.98 Å². The number of methoxy groups -OCH3 is 1. The number of nitrogens with zero attached hydrogens (tertiary/aromatic N) is 6. The summed E-state index contributed by atoms with van der Waals surface area (Å²) in [6.45, 7) is 7.37. The Kier molecular flexibility index (Phi) is 4.53. The van der Waals surface area contributed by atoms with E-state index >= 15 is 0 Å². The predicted molar refractivity (Wildman–Crippen MR) is 102 cm³/mol. The van der Waals surface area contributed by atoms with Crippen molar-refractivity contribution >= 4 is 22.9 Å². The molecular formula is C18H23N7O2. The number of nitrogens with two attached hydrogens (primary N) is 1. The number of ether oxygens (including phenoxy) is 2. The maximum absolute atomic E-state index is 5.99. The minimum Gasteiger partial charge on any atom is -0.496 e. The third-order valence-corrected chi connectivity index (χ3v) is 4.84. The highest BCUT2D eigenvalue weighted by atomic mass is 16.5. The third-order valence-electron chi connectivity index (χ3n) is 4.84. The third kappa shape index (κ3) is 3.14. The Morgan fingerprint density at radius 3 is 2.70 bits per heavy atom. The Hall–Kier alpha value is -2.94. The Balaban J connectivity index is 1.75. The van der Waals surface area contributed by atoms with Gasteiger partial charge in [-0.25, -0.2) is 4.98 Å². The van der Waals surface area contributed by atoms with Gasteiger partial charge in [0.1, 0.15) is 5.75 Å². The molecule has 0 aliphatic carbocycles. The van der Waals surface area contributed by atoms with Crippen molar-refractivity contribution in [2.45, 2.75) is 20.4 Å². The molecule has 0 radical (unpaired) electrons. The van der Waals surface area contributed by atoms with Crippen molar-refractivity contribution < 1.29 is 9.47 Å². The van der Waals surface area contributed by atoms with E-state index < -0.39 is 0 Å². The van der Waals surface area contributed by atoms with Crippen molar-refractivity contribution in [2.75, 3.05) is 44.0 Å². The smallest absolute Gasteiger partial charge is 0.224 e. The summed E-state index contributed by atoms with van der Waals surface area (Å²) in [5.74, 6) is 1.84. The first kappa shape index (κ1) is 17.5. The first-order chi connectivity index (χ1) is 13.1. The molecule has 142 valence electrons. The summed E-state index contributed by atoms with van der Waals surface area (Å²) in [5, 5.41) is 0. The van der Waals surface area contributed by atoms with Crippen LogP contribution in [0.2, 0.25) is 0 Å². The van der Waals surface area contributed by atoms with Gasteiger partial charge in [0.05, 0.1) is 38.9 Å². The highest BCUT2D eigenvalue weighted by Gasteiger charge is 2.20. The Morgan fingerprint density at radius 1 is 1.19 bits per heavy atom. The van der Waals surface area contributed by atoms with Crippen LogP contribution in [0.15, 0.2) is 12.5 Å². The van der Waals surface area contributed by atoms with Gasteiger partial charge >= 0.3 is 0 Å². The average molecular weight is 369 g/mol. The molecule has 0 bridgehead atoms. The molecule has 3 aromatic rings. The average Bonchev–Trinajstić information content (AvgIpc) is 3.07. The van der Waals surface area contributed by atoms with Crippen LogP contribution in [-0.2, 0) is 11.3 Å². The maximum Gasteiger partial charge on any atom is 0.224 e. The van der Waals surface area contributed by atoms with Gasteiger partial charge < -0.3 is 24.7 Å². The second-order valence-electron chi connectivity index (χ2n) is 6.60. The number of pyridine rings is 1. The quantitative estimate of drug-likeness (QED) is 0.734. The van der Waals surface area contributed by atoms with Gasteiger partial charge in [-0.2, -0.15) is 9.97 Å². The molecule has 27 heavy (non-hydrogen) atoms. The molecule has 0 saturated carbocycles. The molecule has 0 atom stereocenters. The van der Waals surface area contributed by atoms with E-state index in [9.17, 15) is 0 Å². The van der Waals surface area contributed by atoms with Crippen LogP contribution in [0, 0.1) is 13.8 Å². The fraction of sp³-hybridized carbons (Fsp3) is 0.444. The number of aryl methyl sites for hydroxylation is 1. The largest absolute Gasteiger partial charge is 0.496 e. The monoisotopic (exact) mass is 369 g/mol. The summed E-state index contributed by atoms with van der Waals surface area (Å²) in [4.78, 5) is 20.1. The second kappa shape index (κ2) is 6.99. The minimum absolute atomic E-state index is 0.233. The number of aromatic nitrogens is 5. The highest BCUT2D eigenvalue weighted by Crippen LogP contribution is 2.27. The summed E-state index contributed by atoms with van der Waals surface area (Å²) >= 11 is 0. The summed E-state index contributed by atoms with van der Waals surface area (Å²) in [7, 11) is 1.67. The Labute approximate surface area is 157 Å². The number of imidazole rings is 1. The van der Waals surface area contributed by atoms with Crippen molar-refractivity contribution in [1.29, 1.82) is 0 Å². The fourth-order valence-electron chi connectivity index (χ4n) is 3.45. The van der Waals surface area contributed by atoms with Gasteiger partial charge in [0.25, 0.3) is 0 Å². The molecule has 0 unspecified atom stereocenters. The lowest BCUT2D eigenvalue weighted by Crippen LogP contribution is -2.37. The van der Waals surface area contributed by atoms with Gasteiger partial charge in [0.15, 0.2) is 17.0 Å². The first-order valence-electron chi connectivity index (χ1n) is 8.88. The van der Waals surface area contributed by atoms with E-state index in [1.54, 1.807) is 13.4 Å². The van der Waals surface area contributed by atoms with Crippen molar-refractivity contribution in [2.24, 2.45) is 0 Å². The highest BCUT2D eigenvalue weighted by molar-refractivity contribution is 5.84. The van der Waals surface area contributed by atoms with Crippen molar-refractivity contribution in [3.8, 4) is 5.75 Å². The Morgan fingerprint density at radius 2 is 1.96 bits per heavy atom. The van der Waals surface area contributed by atoms with Gasteiger partial charge in [-0.15, -0.1) is 0 Å². The zero-order valence-corrected chi connectivity index (χ0v) is 15.8. The van der Waals surface area contributed by atoms with Crippen LogP contribution in [0.25, 0.3) is 11.2 Å². The lowest BCUT2D eigenvalue weighted by atomic mass is 10.1. The normalized spacial score (nSPS) is 14.7. The molecule has 1 aliphatic rings. The van der Waals surface area contributed by atoms with Crippen molar-refractivity contribution in [1.82, 2.24) is 24.5 Å². The second-order valence-corrected chi connectivity index (χ2v) is 6.60. The van der Waals surface area contributed by atoms with E-state index in [1.807, 2.05) is 24.6 Å². The van der Waals surface area contributed by atoms with Gasteiger partial charge in [-0.05, 0) is 13.8 Å². The minimum atomic E-state index is 0.233. The van der Waals surface area contributed by atoms with Crippen molar-refractivity contribution in [3.05, 3.63) is 29.3 Å². The number of nitrogen functional groups attached to an aromatic ring is 1. The van der Waals surface area contributed by atoms with Crippen LogP contribution in [0.4, 0.5) is 11.8 Å². The molecule has 0 aromatic carbocycles. The number of hydrogen-bond donors (Lipinski definition) is 1. The number of anilines is 2. The molecule has 2 N–H and O–H groups in total. The van der Waals surface area contributed by atoms with E-state index in [0.29, 0.717) is 25.4 Å². The molecule has 9 nitrogen and oxygen atoms in total. The van der Waals surface area contributed by atoms with Crippen LogP contribution >= 0.6 is 0 Å². The molecule has 0 amide bonds. The molecule has 1 fully saturated rings. The predicted octanol–water partition coefficient (Wildman–Crippen LogP) is 1.31. The van der Waals surface area contributed by atoms with Gasteiger partial charge in [-0.1, -0.05) is 0 Å². The molecule has 1 saturated heterocycles. The summed E-state index contributed by atoms with van der Waals surface area (Å²) < 4.78 is 12.9. The van der Waals surface area contributed by atoms with E-state index in [4.69, 9.17) is 15.2 Å². The summed E-state index contributed by atoms with van der Waals surface area (Å²) in [6, 6.07) is 0.